The molecule has 40 heavy (non-hydrogen) atoms. The summed E-state index contributed by atoms with van der Waals surface area (Å²) in [5, 5.41) is 26.5. The fourth-order valence-corrected chi connectivity index (χ4v) is 5.44. The van der Waals surface area contributed by atoms with Crippen LogP contribution in [0.4, 0.5) is 28.4 Å². The van der Waals surface area contributed by atoms with Crippen molar-refractivity contribution in [1.29, 1.82) is 0 Å². The van der Waals surface area contributed by atoms with Crippen molar-refractivity contribution in [3.05, 3.63) is 69.7 Å². The summed E-state index contributed by atoms with van der Waals surface area (Å²) in [7, 11) is -10.1. The molecule has 0 amide bonds. The average Bonchev–Trinajstić information content (AvgIpc) is 2.84. The van der Waals surface area contributed by atoms with Crippen LogP contribution in [0.2, 0.25) is 10.0 Å². The highest BCUT2D eigenvalue weighted by Crippen LogP contribution is 2.48. The first-order chi connectivity index (χ1) is 18.6. The Hall–Kier alpha value is -3.66. The van der Waals surface area contributed by atoms with Crippen molar-refractivity contribution in [2.24, 2.45) is 20.5 Å². The van der Waals surface area contributed by atoms with Crippen LogP contribution in [0.1, 0.15) is 11.1 Å². The van der Waals surface area contributed by atoms with Crippen LogP contribution < -0.4 is 5.73 Å². The molecule has 0 spiro atoms. The van der Waals surface area contributed by atoms with Crippen molar-refractivity contribution < 1.29 is 31.0 Å². The van der Waals surface area contributed by atoms with Crippen LogP contribution in [0.3, 0.4) is 0 Å². The number of rotatable bonds is 6. The van der Waals surface area contributed by atoms with E-state index in [4.69, 9.17) is 28.9 Å². The lowest BCUT2D eigenvalue weighted by molar-refractivity contribution is 0.472. The fraction of sp³-hybridized carbons (Fsp3) is 0.0833. The van der Waals surface area contributed by atoms with Gasteiger partial charge < -0.3 is 10.8 Å². The van der Waals surface area contributed by atoms with E-state index in [0.717, 1.165) is 17.7 Å². The first kappa shape index (κ1) is 29.3. The Morgan fingerprint density at radius 3 is 1.93 bits per heavy atom. The van der Waals surface area contributed by atoms with Crippen LogP contribution in [-0.2, 0) is 20.2 Å². The van der Waals surface area contributed by atoms with E-state index in [0.29, 0.717) is 11.3 Å². The maximum atomic E-state index is 12.2. The van der Waals surface area contributed by atoms with Crippen LogP contribution in [0.15, 0.2) is 78.8 Å². The van der Waals surface area contributed by atoms with E-state index in [1.54, 1.807) is 25.1 Å². The van der Waals surface area contributed by atoms with Gasteiger partial charge >= 0.3 is 0 Å². The van der Waals surface area contributed by atoms with Crippen molar-refractivity contribution in [3.63, 3.8) is 0 Å². The molecule has 0 fully saturated rings. The Labute approximate surface area is 238 Å². The Balaban J connectivity index is 2.04. The molecule has 0 aliphatic carbocycles. The van der Waals surface area contributed by atoms with Crippen molar-refractivity contribution in [1.82, 2.24) is 0 Å². The number of fused-ring (bicyclic) bond motifs is 1. The van der Waals surface area contributed by atoms with E-state index in [1.165, 1.54) is 18.2 Å². The van der Waals surface area contributed by atoms with E-state index in [-0.39, 0.29) is 26.5 Å². The molecule has 4 aromatic carbocycles. The van der Waals surface area contributed by atoms with Gasteiger partial charge in [-0.25, -0.2) is 0 Å². The second kappa shape index (κ2) is 10.7. The predicted octanol–water partition coefficient (Wildman–Crippen LogP) is 7.38. The van der Waals surface area contributed by atoms with Crippen LogP contribution in [-0.4, -0.2) is 31.0 Å². The maximum absolute atomic E-state index is 12.2. The van der Waals surface area contributed by atoms with E-state index in [9.17, 15) is 31.0 Å². The van der Waals surface area contributed by atoms with Crippen LogP contribution >= 0.6 is 23.2 Å². The number of aromatic hydroxyl groups is 1. The molecule has 0 aliphatic rings. The quantitative estimate of drug-likeness (QED) is 0.0965. The smallest absolute Gasteiger partial charge is 0.296 e. The summed E-state index contributed by atoms with van der Waals surface area (Å²) in [6.07, 6.45) is 0. The molecule has 0 atom stereocenters. The first-order valence-corrected chi connectivity index (χ1v) is 14.6. The van der Waals surface area contributed by atoms with Gasteiger partial charge in [0.15, 0.2) is 5.75 Å². The summed E-state index contributed by atoms with van der Waals surface area (Å²) in [5.41, 5.74) is 6.40. The second-order valence-electron chi connectivity index (χ2n) is 8.54. The Bertz CT molecular complexity index is 1980. The molecule has 5 N–H and O–H groups in total. The summed E-state index contributed by atoms with van der Waals surface area (Å²) in [6.45, 7) is 3.60. The summed E-state index contributed by atoms with van der Waals surface area (Å²) < 4.78 is 68.6. The molecular weight excluding hydrogens is 605 g/mol. The van der Waals surface area contributed by atoms with Gasteiger partial charge in [-0.15, -0.1) is 15.3 Å². The number of phenolic OH excluding ortho intramolecular Hbond substituents is 1. The van der Waals surface area contributed by atoms with Crippen molar-refractivity contribution >= 4 is 82.6 Å². The molecule has 208 valence electrons. The molecule has 12 nitrogen and oxygen atoms in total. The first-order valence-electron chi connectivity index (χ1n) is 11.0. The zero-order valence-corrected chi connectivity index (χ0v) is 23.7. The third-order valence-electron chi connectivity index (χ3n) is 5.65. The molecule has 0 bridgehead atoms. The average molecular weight is 624 g/mol. The summed E-state index contributed by atoms with van der Waals surface area (Å²) >= 11 is 12.0. The monoisotopic (exact) mass is 623 g/mol. The molecule has 0 aromatic heterocycles. The van der Waals surface area contributed by atoms with Gasteiger partial charge in [-0.05, 0) is 61.2 Å². The SMILES string of the molecule is Cc1ccc(N=Nc2c(S(=O)(=O)O)cc3cc(S(=O)(=O)O)c(N=Nc4cc(Cl)ccc4Cl)c(N)c3c2O)c(C)c1. The van der Waals surface area contributed by atoms with E-state index >= 15 is 0 Å². The molecule has 4 aromatic rings. The van der Waals surface area contributed by atoms with Gasteiger partial charge in [-0.1, -0.05) is 40.9 Å². The number of hydrogen-bond donors (Lipinski definition) is 4. The van der Waals surface area contributed by atoms with Gasteiger partial charge in [0.25, 0.3) is 20.2 Å². The summed E-state index contributed by atoms with van der Waals surface area (Å²) in [6, 6.07) is 11.0. The van der Waals surface area contributed by atoms with Gasteiger partial charge in [0, 0.05) is 5.02 Å². The number of nitrogen functional groups attached to an aromatic ring is 1. The number of anilines is 1. The number of phenols is 1. The minimum Gasteiger partial charge on any atom is -0.505 e. The lowest BCUT2D eigenvalue weighted by Crippen LogP contribution is -2.03. The number of hydrogen-bond acceptors (Lipinski definition) is 10. The zero-order chi connectivity index (χ0) is 29.6. The Morgan fingerprint density at radius 1 is 0.750 bits per heavy atom. The number of benzene rings is 4. The standard InChI is InChI=1S/C24H19Cl2N5O7S2/c1-11-3-6-16(12(2)7-11)28-31-23-19(40(36,37)38)9-13-8-18(39(33,34)35)22(21(27)20(13)24(23)32)30-29-17-10-14(25)4-5-15(17)26/h3-10,32H,27H2,1-2H3,(H,33,34,35)(H,36,37,38). The van der Waals surface area contributed by atoms with Gasteiger partial charge in [-0.2, -0.15) is 21.9 Å². The topological polar surface area (TPSA) is 204 Å². The molecule has 0 heterocycles. The van der Waals surface area contributed by atoms with E-state index in [2.05, 4.69) is 20.5 Å². The molecule has 16 heteroatoms. The third-order valence-corrected chi connectivity index (χ3v) is 7.93. The summed E-state index contributed by atoms with van der Waals surface area (Å²) in [5.74, 6) is -0.865. The van der Waals surface area contributed by atoms with Gasteiger partial charge in [0.05, 0.1) is 21.8 Å². The number of azo groups is 2. The lowest BCUT2D eigenvalue weighted by atomic mass is 10.1. The van der Waals surface area contributed by atoms with Gasteiger partial charge in [0.2, 0.25) is 0 Å². The highest BCUT2D eigenvalue weighted by atomic mass is 35.5. The fourth-order valence-electron chi connectivity index (χ4n) is 3.79. The molecule has 0 unspecified atom stereocenters. The zero-order valence-electron chi connectivity index (χ0n) is 20.5. The molecule has 0 aliphatic heterocycles. The Morgan fingerprint density at radius 2 is 1.32 bits per heavy atom. The van der Waals surface area contributed by atoms with Crippen LogP contribution in [0, 0.1) is 13.8 Å². The number of nitrogens with zero attached hydrogens (tertiary/aromatic N) is 4. The molecule has 0 radical (unpaired) electrons. The van der Waals surface area contributed by atoms with Gasteiger partial charge in [0.1, 0.15) is 26.9 Å². The minimum atomic E-state index is -5.03. The number of aryl methyl sites for hydroxylation is 2. The molecule has 4 rings (SSSR count). The van der Waals surface area contributed by atoms with Gasteiger partial charge in [-0.3, -0.25) is 9.11 Å². The van der Waals surface area contributed by atoms with Crippen molar-refractivity contribution in [2.75, 3.05) is 5.73 Å². The van der Waals surface area contributed by atoms with Crippen molar-refractivity contribution in [2.45, 2.75) is 23.6 Å². The van der Waals surface area contributed by atoms with E-state index < -0.39 is 52.8 Å². The Kier molecular flexibility index (Phi) is 7.86. The second-order valence-corrected chi connectivity index (χ2v) is 12.2. The van der Waals surface area contributed by atoms with E-state index in [1.807, 2.05) is 6.92 Å². The predicted molar refractivity (Wildman–Crippen MR) is 150 cm³/mol. The largest absolute Gasteiger partial charge is 0.505 e. The molecule has 0 saturated carbocycles. The number of nitrogens with two attached hydrogens (primary N) is 1. The van der Waals surface area contributed by atoms with Crippen LogP contribution in [0.5, 0.6) is 5.75 Å². The van der Waals surface area contributed by atoms with Crippen molar-refractivity contribution in [3.8, 4) is 5.75 Å². The number of halogens is 2. The molecular formula is C24H19Cl2N5O7S2. The molecule has 0 saturated heterocycles. The lowest BCUT2D eigenvalue weighted by Gasteiger charge is -2.14. The highest BCUT2D eigenvalue weighted by Gasteiger charge is 2.28. The third kappa shape index (κ3) is 5.91. The summed E-state index contributed by atoms with van der Waals surface area (Å²) in [4.78, 5) is -1.77. The minimum absolute atomic E-state index is 0.0313. The normalized spacial score (nSPS) is 12.7. The van der Waals surface area contributed by atoms with Crippen LogP contribution in [0.25, 0.3) is 10.8 Å². The highest BCUT2D eigenvalue weighted by molar-refractivity contribution is 7.86. The maximum Gasteiger partial charge on any atom is 0.296 e.